The molecule has 10 nitrogen and oxygen atoms in total. The molecule has 0 aliphatic carbocycles. The zero-order valence-corrected chi connectivity index (χ0v) is 17.4. The molecule has 1 unspecified atom stereocenters. The smallest absolute Gasteiger partial charge is 0.338 e. The highest BCUT2D eigenvalue weighted by Gasteiger charge is 2.24. The van der Waals surface area contributed by atoms with Crippen molar-refractivity contribution in [2.24, 2.45) is 5.73 Å². The highest BCUT2D eigenvalue weighted by Crippen LogP contribution is 2.26. The number of halogens is 1. The molecular weight excluding hydrogens is 438 g/mol. The number of ether oxygens (including phenoxy) is 2. The summed E-state index contributed by atoms with van der Waals surface area (Å²) in [6.07, 6.45) is -1.35. The van der Waals surface area contributed by atoms with E-state index < -0.39 is 34.0 Å². The van der Waals surface area contributed by atoms with Crippen LogP contribution in [0.2, 0.25) is 5.02 Å². The third-order valence-corrected chi connectivity index (χ3v) is 5.56. The van der Waals surface area contributed by atoms with Gasteiger partial charge in [-0.05, 0) is 49.4 Å². The van der Waals surface area contributed by atoms with E-state index in [9.17, 15) is 22.8 Å². The first-order valence-electron chi connectivity index (χ1n) is 8.31. The molecule has 0 fully saturated rings. The molecule has 0 saturated heterocycles. The van der Waals surface area contributed by atoms with Crippen LogP contribution in [0.15, 0.2) is 47.4 Å². The van der Waals surface area contributed by atoms with E-state index >= 15 is 0 Å². The number of benzene rings is 2. The van der Waals surface area contributed by atoms with E-state index in [1.165, 1.54) is 38.3 Å². The normalized spacial score (nSPS) is 11.8. The van der Waals surface area contributed by atoms with Crippen LogP contribution in [-0.2, 0) is 19.6 Å². The maximum absolute atomic E-state index is 12.7. The lowest BCUT2D eigenvalue weighted by Crippen LogP contribution is -2.42. The van der Waals surface area contributed by atoms with Gasteiger partial charge in [0.25, 0.3) is 15.9 Å². The van der Waals surface area contributed by atoms with Gasteiger partial charge in [0.2, 0.25) is 0 Å². The summed E-state index contributed by atoms with van der Waals surface area (Å²) in [5, 5.41) is 1.63. The minimum Gasteiger partial charge on any atom is -0.497 e. The molecule has 0 aromatic heterocycles. The Balaban J connectivity index is 2.23. The SMILES string of the molecule is COc1ccc(NS(=O)(=O)c2cc(C(=O)OC(C)C(=O)NC(N)=O)ccc2Cl)cc1. The molecule has 160 valence electrons. The van der Waals surface area contributed by atoms with Crippen molar-refractivity contribution in [2.45, 2.75) is 17.9 Å². The van der Waals surface area contributed by atoms with Crippen molar-refractivity contribution in [2.75, 3.05) is 11.8 Å². The largest absolute Gasteiger partial charge is 0.497 e. The number of rotatable bonds is 7. The van der Waals surface area contributed by atoms with E-state index in [1.54, 1.807) is 17.4 Å². The number of anilines is 1. The van der Waals surface area contributed by atoms with E-state index in [4.69, 9.17) is 26.8 Å². The molecular formula is C18H18ClN3O7S. The van der Waals surface area contributed by atoms with Crippen molar-refractivity contribution in [3.63, 3.8) is 0 Å². The highest BCUT2D eigenvalue weighted by atomic mass is 35.5. The summed E-state index contributed by atoms with van der Waals surface area (Å²) in [6, 6.07) is 8.44. The summed E-state index contributed by atoms with van der Waals surface area (Å²) < 4.78 is 37.7. The second-order valence-corrected chi connectivity index (χ2v) is 7.94. The van der Waals surface area contributed by atoms with E-state index in [2.05, 4.69) is 4.72 Å². The number of carbonyl (C=O) groups is 3. The van der Waals surface area contributed by atoms with E-state index in [-0.39, 0.29) is 21.2 Å². The lowest BCUT2D eigenvalue weighted by molar-refractivity contribution is -0.127. The van der Waals surface area contributed by atoms with Gasteiger partial charge in [-0.1, -0.05) is 11.6 Å². The van der Waals surface area contributed by atoms with Gasteiger partial charge >= 0.3 is 12.0 Å². The van der Waals surface area contributed by atoms with Crippen LogP contribution in [0.5, 0.6) is 5.75 Å². The van der Waals surface area contributed by atoms with Gasteiger partial charge in [-0.25, -0.2) is 18.0 Å². The van der Waals surface area contributed by atoms with E-state index in [0.717, 1.165) is 6.07 Å². The Labute approximate surface area is 177 Å². The first-order chi connectivity index (χ1) is 14.0. The number of methoxy groups -OCH3 is 1. The van der Waals surface area contributed by atoms with Crippen LogP contribution in [0.25, 0.3) is 0 Å². The fourth-order valence-corrected chi connectivity index (χ4v) is 3.80. The van der Waals surface area contributed by atoms with Crippen LogP contribution < -0.4 is 20.5 Å². The number of esters is 1. The molecule has 3 amide bonds. The molecule has 0 saturated carbocycles. The number of amides is 3. The monoisotopic (exact) mass is 455 g/mol. The lowest BCUT2D eigenvalue weighted by Gasteiger charge is -2.14. The van der Waals surface area contributed by atoms with Crippen molar-refractivity contribution in [3.05, 3.63) is 53.1 Å². The van der Waals surface area contributed by atoms with Crippen molar-refractivity contribution in [1.82, 2.24) is 5.32 Å². The molecule has 0 aliphatic heterocycles. The Morgan fingerprint density at radius 3 is 2.30 bits per heavy atom. The maximum Gasteiger partial charge on any atom is 0.338 e. The number of hydrogen-bond donors (Lipinski definition) is 3. The number of sulfonamides is 1. The first-order valence-corrected chi connectivity index (χ1v) is 10.2. The third kappa shape index (κ3) is 5.84. The van der Waals surface area contributed by atoms with E-state index in [0.29, 0.717) is 5.75 Å². The zero-order chi connectivity index (χ0) is 22.5. The first kappa shape index (κ1) is 23.0. The Kier molecular flexibility index (Phi) is 7.24. The number of imide groups is 1. The number of primary amides is 1. The van der Waals surface area contributed by atoms with Crippen LogP contribution in [0, 0.1) is 0 Å². The summed E-state index contributed by atoms with van der Waals surface area (Å²) in [6.45, 7) is 1.22. The Morgan fingerprint density at radius 2 is 1.73 bits per heavy atom. The van der Waals surface area contributed by atoms with Crippen LogP contribution in [0.1, 0.15) is 17.3 Å². The van der Waals surface area contributed by atoms with Gasteiger partial charge in [0, 0.05) is 5.69 Å². The van der Waals surface area contributed by atoms with Gasteiger partial charge < -0.3 is 15.2 Å². The Morgan fingerprint density at radius 1 is 1.10 bits per heavy atom. The van der Waals surface area contributed by atoms with Crippen molar-refractivity contribution in [1.29, 1.82) is 0 Å². The molecule has 0 heterocycles. The van der Waals surface area contributed by atoms with Crippen molar-refractivity contribution >= 4 is 45.2 Å². The second-order valence-electron chi connectivity index (χ2n) is 5.88. The summed E-state index contributed by atoms with van der Waals surface area (Å²) >= 11 is 6.01. The summed E-state index contributed by atoms with van der Waals surface area (Å²) in [7, 11) is -2.68. The topological polar surface area (TPSA) is 154 Å². The minimum absolute atomic E-state index is 0.132. The molecule has 30 heavy (non-hydrogen) atoms. The number of nitrogens with one attached hydrogen (secondary N) is 2. The summed E-state index contributed by atoms with van der Waals surface area (Å²) in [4.78, 5) is 34.2. The molecule has 0 radical (unpaired) electrons. The van der Waals surface area contributed by atoms with E-state index in [1.807, 2.05) is 0 Å². The van der Waals surface area contributed by atoms with Gasteiger partial charge in [0.05, 0.1) is 17.7 Å². The molecule has 0 aliphatic rings. The number of nitrogens with two attached hydrogens (primary N) is 1. The molecule has 0 bridgehead atoms. The average Bonchev–Trinajstić information content (AvgIpc) is 2.67. The molecule has 12 heteroatoms. The van der Waals surface area contributed by atoms with Gasteiger partial charge in [0.15, 0.2) is 6.10 Å². The predicted molar refractivity (Wildman–Crippen MR) is 108 cm³/mol. The quantitative estimate of drug-likeness (QED) is 0.538. The average molecular weight is 456 g/mol. The zero-order valence-electron chi connectivity index (χ0n) is 15.8. The van der Waals surface area contributed by atoms with Crippen LogP contribution in [0.3, 0.4) is 0 Å². The molecule has 0 spiro atoms. The molecule has 4 N–H and O–H groups in total. The summed E-state index contributed by atoms with van der Waals surface area (Å²) in [5.74, 6) is -1.39. The molecule has 2 aromatic carbocycles. The number of urea groups is 1. The van der Waals surface area contributed by atoms with Gasteiger partial charge in [-0.15, -0.1) is 0 Å². The lowest BCUT2D eigenvalue weighted by atomic mass is 10.2. The predicted octanol–water partition coefficient (Wildman–Crippen LogP) is 1.89. The standard InChI is InChI=1S/C18H18ClN3O7S/c1-10(16(23)21-18(20)25)29-17(24)11-3-8-14(19)15(9-11)30(26,27)22-12-4-6-13(28-2)7-5-12/h3-10,22H,1-2H3,(H3,20,21,23,25). The second kappa shape index (κ2) is 9.46. The number of hydrogen-bond acceptors (Lipinski definition) is 7. The third-order valence-electron chi connectivity index (χ3n) is 3.70. The molecule has 2 aromatic rings. The van der Waals surface area contributed by atoms with Crippen LogP contribution in [0.4, 0.5) is 10.5 Å². The Bertz CT molecular complexity index is 1070. The molecule has 1 atom stereocenters. The Hall–Kier alpha value is -3.31. The van der Waals surface area contributed by atoms with Gasteiger partial charge in [-0.2, -0.15) is 0 Å². The van der Waals surface area contributed by atoms with Crippen LogP contribution in [-0.4, -0.2) is 39.5 Å². The van der Waals surface area contributed by atoms with Crippen molar-refractivity contribution in [3.8, 4) is 5.75 Å². The van der Waals surface area contributed by atoms with Crippen LogP contribution >= 0.6 is 11.6 Å². The number of carbonyl (C=O) groups excluding carboxylic acids is 3. The fraction of sp³-hybridized carbons (Fsp3) is 0.167. The van der Waals surface area contributed by atoms with Gasteiger partial charge in [-0.3, -0.25) is 14.8 Å². The van der Waals surface area contributed by atoms with Crippen molar-refractivity contribution < 1.29 is 32.3 Å². The molecule has 2 rings (SSSR count). The van der Waals surface area contributed by atoms with Gasteiger partial charge in [0.1, 0.15) is 10.6 Å². The summed E-state index contributed by atoms with van der Waals surface area (Å²) in [5.41, 5.74) is 4.90. The fourth-order valence-electron chi connectivity index (χ4n) is 2.21. The minimum atomic E-state index is -4.15. The maximum atomic E-state index is 12.7. The highest BCUT2D eigenvalue weighted by molar-refractivity contribution is 7.92.